The summed E-state index contributed by atoms with van der Waals surface area (Å²) in [6.07, 6.45) is 6.00. The minimum absolute atomic E-state index is 0.120. The van der Waals surface area contributed by atoms with Crippen molar-refractivity contribution in [3.05, 3.63) is 16.5 Å². The number of nitrogens with zero attached hydrogens (tertiary/aromatic N) is 1. The molecule has 6 heteroatoms. The van der Waals surface area contributed by atoms with Gasteiger partial charge in [0.1, 0.15) is 4.21 Å². The van der Waals surface area contributed by atoms with E-state index in [1.807, 2.05) is 20.9 Å². The topological polar surface area (TPSA) is 49.4 Å². The van der Waals surface area contributed by atoms with Crippen molar-refractivity contribution < 1.29 is 8.42 Å². The smallest absolute Gasteiger partial charge is 0.253 e. The summed E-state index contributed by atoms with van der Waals surface area (Å²) in [5.74, 6) is 2.41. The number of aryl methyl sites for hydroxylation is 1. The molecule has 1 aromatic heterocycles. The summed E-state index contributed by atoms with van der Waals surface area (Å²) in [4.78, 5) is 1.04. The molecule has 0 radical (unpaired) electrons. The fourth-order valence-electron chi connectivity index (χ4n) is 1.71. The monoisotopic (exact) mass is 300 g/mol. The fraction of sp³-hybridized carbons (Fsp3) is 0.538. The first-order valence-corrected chi connectivity index (χ1v) is 8.40. The number of hydrogen-bond acceptors (Lipinski definition) is 4. The van der Waals surface area contributed by atoms with Crippen LogP contribution in [0.25, 0.3) is 0 Å². The lowest BCUT2D eigenvalue weighted by molar-refractivity contribution is 0.447. The Bertz CT molecular complexity index is 556. The van der Waals surface area contributed by atoms with Crippen LogP contribution in [0.5, 0.6) is 0 Å². The quantitative estimate of drug-likeness (QED) is 0.781. The SMILES string of the molecule is C#CCN(CCC)S(=O)(=O)c1cc(C)c(CNC)s1. The van der Waals surface area contributed by atoms with Crippen LogP contribution < -0.4 is 5.32 Å². The molecule has 0 aliphatic heterocycles. The summed E-state index contributed by atoms with van der Waals surface area (Å²) in [6, 6.07) is 1.73. The summed E-state index contributed by atoms with van der Waals surface area (Å²) in [6.45, 7) is 5.10. The van der Waals surface area contributed by atoms with E-state index in [1.165, 1.54) is 15.6 Å². The fourth-order valence-corrected chi connectivity index (χ4v) is 4.92. The highest BCUT2D eigenvalue weighted by Gasteiger charge is 2.25. The van der Waals surface area contributed by atoms with Gasteiger partial charge in [0.15, 0.2) is 0 Å². The summed E-state index contributed by atoms with van der Waals surface area (Å²) in [5.41, 5.74) is 0.995. The first-order chi connectivity index (χ1) is 8.97. The number of thiophene rings is 1. The molecule has 0 saturated heterocycles. The van der Waals surface area contributed by atoms with Gasteiger partial charge in [0.25, 0.3) is 10.0 Å². The molecular formula is C13H20N2O2S2. The van der Waals surface area contributed by atoms with Crippen molar-refractivity contribution in [2.75, 3.05) is 20.1 Å². The Morgan fingerprint density at radius 2 is 2.21 bits per heavy atom. The van der Waals surface area contributed by atoms with Crippen LogP contribution in [0.3, 0.4) is 0 Å². The molecule has 0 atom stereocenters. The van der Waals surface area contributed by atoms with Gasteiger partial charge in [-0.05, 0) is 32.0 Å². The first kappa shape index (κ1) is 16.2. The summed E-state index contributed by atoms with van der Waals surface area (Å²) in [5, 5.41) is 3.04. The Kier molecular flexibility index (Phi) is 6.01. The minimum Gasteiger partial charge on any atom is -0.315 e. The molecule has 0 spiro atoms. The predicted octanol–water partition coefficient (Wildman–Crippen LogP) is 1.81. The summed E-state index contributed by atoms with van der Waals surface area (Å²) < 4.78 is 26.7. The molecule has 1 rings (SSSR count). The van der Waals surface area contributed by atoms with Crippen LogP contribution in [0.15, 0.2) is 10.3 Å². The highest BCUT2D eigenvalue weighted by Crippen LogP contribution is 2.28. The molecular weight excluding hydrogens is 280 g/mol. The van der Waals surface area contributed by atoms with E-state index in [0.717, 1.165) is 16.9 Å². The number of rotatable bonds is 7. The molecule has 106 valence electrons. The van der Waals surface area contributed by atoms with E-state index < -0.39 is 10.0 Å². The van der Waals surface area contributed by atoms with Crippen LogP contribution in [0.2, 0.25) is 0 Å². The Morgan fingerprint density at radius 3 is 2.74 bits per heavy atom. The zero-order chi connectivity index (χ0) is 14.5. The maximum atomic E-state index is 12.5. The molecule has 0 bridgehead atoms. The van der Waals surface area contributed by atoms with E-state index in [9.17, 15) is 8.42 Å². The highest BCUT2D eigenvalue weighted by molar-refractivity contribution is 7.91. The van der Waals surface area contributed by atoms with Crippen LogP contribution >= 0.6 is 11.3 Å². The van der Waals surface area contributed by atoms with Crippen molar-refractivity contribution in [3.8, 4) is 12.3 Å². The molecule has 0 fully saturated rings. The Labute approximate surface area is 119 Å². The van der Waals surface area contributed by atoms with E-state index in [4.69, 9.17) is 6.42 Å². The van der Waals surface area contributed by atoms with Gasteiger partial charge in [0, 0.05) is 18.0 Å². The molecule has 0 unspecified atom stereocenters. The zero-order valence-corrected chi connectivity index (χ0v) is 13.2. The first-order valence-electron chi connectivity index (χ1n) is 6.14. The van der Waals surface area contributed by atoms with Crippen molar-refractivity contribution in [2.45, 2.75) is 31.0 Å². The van der Waals surface area contributed by atoms with Gasteiger partial charge in [-0.15, -0.1) is 17.8 Å². The molecule has 4 nitrogen and oxygen atoms in total. The molecule has 1 N–H and O–H groups in total. The van der Waals surface area contributed by atoms with Crippen LogP contribution in [-0.4, -0.2) is 32.9 Å². The van der Waals surface area contributed by atoms with Crippen LogP contribution in [0, 0.1) is 19.3 Å². The molecule has 0 amide bonds. The number of sulfonamides is 1. The molecule has 1 heterocycles. The second-order valence-corrected chi connectivity index (χ2v) is 7.55. The third-order valence-electron chi connectivity index (χ3n) is 2.67. The van der Waals surface area contributed by atoms with E-state index >= 15 is 0 Å². The second-order valence-electron chi connectivity index (χ2n) is 4.24. The number of terminal acetylenes is 1. The van der Waals surface area contributed by atoms with Gasteiger partial charge >= 0.3 is 0 Å². The van der Waals surface area contributed by atoms with Gasteiger partial charge in [0.2, 0.25) is 0 Å². The Hall–Kier alpha value is -0.870. The van der Waals surface area contributed by atoms with E-state index in [1.54, 1.807) is 6.07 Å². The lowest BCUT2D eigenvalue weighted by Gasteiger charge is -2.17. The van der Waals surface area contributed by atoms with Gasteiger partial charge < -0.3 is 5.32 Å². The summed E-state index contributed by atoms with van der Waals surface area (Å²) in [7, 11) is -1.62. The molecule has 19 heavy (non-hydrogen) atoms. The predicted molar refractivity (Wildman–Crippen MR) is 79.7 cm³/mol. The third-order valence-corrected chi connectivity index (χ3v) is 6.20. The third kappa shape index (κ3) is 3.80. The maximum Gasteiger partial charge on any atom is 0.253 e. The van der Waals surface area contributed by atoms with Gasteiger partial charge in [-0.25, -0.2) is 8.42 Å². The molecule has 1 aromatic rings. The normalized spacial score (nSPS) is 11.7. The minimum atomic E-state index is -3.46. The van der Waals surface area contributed by atoms with Gasteiger partial charge in [-0.1, -0.05) is 12.8 Å². The van der Waals surface area contributed by atoms with Crippen LogP contribution in [0.4, 0.5) is 0 Å². The Balaban J connectivity index is 3.11. The average molecular weight is 300 g/mol. The largest absolute Gasteiger partial charge is 0.315 e. The molecule has 0 aliphatic carbocycles. The summed E-state index contributed by atoms with van der Waals surface area (Å²) >= 11 is 1.31. The lowest BCUT2D eigenvalue weighted by Crippen LogP contribution is -2.31. The van der Waals surface area contributed by atoms with E-state index in [-0.39, 0.29) is 6.54 Å². The van der Waals surface area contributed by atoms with Crippen molar-refractivity contribution in [2.24, 2.45) is 0 Å². The van der Waals surface area contributed by atoms with Crippen LogP contribution in [-0.2, 0) is 16.6 Å². The van der Waals surface area contributed by atoms with Crippen molar-refractivity contribution in [1.82, 2.24) is 9.62 Å². The van der Waals surface area contributed by atoms with E-state index in [2.05, 4.69) is 11.2 Å². The second kappa shape index (κ2) is 7.06. The number of nitrogens with one attached hydrogen (secondary N) is 1. The van der Waals surface area contributed by atoms with Crippen molar-refractivity contribution >= 4 is 21.4 Å². The molecule has 0 saturated carbocycles. The number of hydrogen-bond donors (Lipinski definition) is 1. The standard InChI is InChI=1S/C13H20N2O2S2/c1-5-7-15(8-6-2)19(16,17)13-9-11(3)12(18-13)10-14-4/h1,9,14H,6-8,10H2,2-4H3. The lowest BCUT2D eigenvalue weighted by atomic mass is 10.3. The zero-order valence-electron chi connectivity index (χ0n) is 11.6. The van der Waals surface area contributed by atoms with Gasteiger partial charge in [-0.3, -0.25) is 0 Å². The average Bonchev–Trinajstić information content (AvgIpc) is 2.72. The molecule has 0 aromatic carbocycles. The van der Waals surface area contributed by atoms with Crippen molar-refractivity contribution in [1.29, 1.82) is 0 Å². The van der Waals surface area contributed by atoms with Gasteiger partial charge in [-0.2, -0.15) is 4.31 Å². The van der Waals surface area contributed by atoms with Crippen molar-refractivity contribution in [3.63, 3.8) is 0 Å². The van der Waals surface area contributed by atoms with E-state index in [0.29, 0.717) is 17.3 Å². The molecule has 0 aliphatic rings. The van der Waals surface area contributed by atoms with Crippen LogP contribution in [0.1, 0.15) is 23.8 Å². The highest BCUT2D eigenvalue weighted by atomic mass is 32.2. The van der Waals surface area contributed by atoms with Gasteiger partial charge in [0.05, 0.1) is 6.54 Å². The maximum absolute atomic E-state index is 12.5. The Morgan fingerprint density at radius 1 is 1.53 bits per heavy atom.